The molecule has 0 saturated heterocycles. The summed E-state index contributed by atoms with van der Waals surface area (Å²) in [5.74, 6) is -2.44. The molecular formula is C7H10CsNO5. The molecule has 0 aliphatic rings. The van der Waals surface area contributed by atoms with Crippen molar-refractivity contribution in [2.24, 2.45) is 0 Å². The van der Waals surface area contributed by atoms with Crippen LogP contribution in [0.4, 0.5) is 0 Å². The third-order valence-electron chi connectivity index (χ3n) is 1.08. The number of methoxy groups -OCH3 is 2. The van der Waals surface area contributed by atoms with Gasteiger partial charge in [-0.1, -0.05) is 6.04 Å². The maximum Gasteiger partial charge on any atom is 1.00 e. The van der Waals surface area contributed by atoms with Gasteiger partial charge in [-0.25, -0.2) is 0 Å². The average Bonchev–Trinajstić information content (AvgIpc) is 2.11. The summed E-state index contributed by atoms with van der Waals surface area (Å²) in [6.45, 7) is 1.16. The summed E-state index contributed by atoms with van der Waals surface area (Å²) >= 11 is 0. The van der Waals surface area contributed by atoms with Gasteiger partial charge >= 0.3 is 68.9 Å². The summed E-state index contributed by atoms with van der Waals surface area (Å²) in [6.07, 6.45) is 0. The van der Waals surface area contributed by atoms with Crippen molar-refractivity contribution in [3.8, 4) is 0 Å². The molecule has 0 atom stereocenters. The first-order valence-corrected chi connectivity index (χ1v) is 3.34. The first-order valence-electron chi connectivity index (χ1n) is 3.34. The van der Waals surface area contributed by atoms with Gasteiger partial charge < -0.3 is 14.8 Å². The SMILES string of the molecule is COC(=O)[C-](NC(C)=O)C(=O)OC.[Cs+]. The molecule has 0 rings (SSSR count). The van der Waals surface area contributed by atoms with Gasteiger partial charge in [0.1, 0.15) is 0 Å². The number of carbonyl (C=O) groups excluding carboxylic acids is 3. The molecule has 0 aliphatic carbocycles. The van der Waals surface area contributed by atoms with Crippen LogP contribution in [0.5, 0.6) is 0 Å². The van der Waals surface area contributed by atoms with Crippen LogP contribution in [0.25, 0.3) is 0 Å². The fourth-order valence-corrected chi connectivity index (χ4v) is 0.566. The molecule has 0 aliphatic heterocycles. The molecule has 0 heterocycles. The zero-order chi connectivity index (χ0) is 10.4. The zero-order valence-corrected chi connectivity index (χ0v) is 14.8. The molecule has 0 aromatic carbocycles. The Labute approximate surface area is 140 Å². The molecule has 0 fully saturated rings. The van der Waals surface area contributed by atoms with Gasteiger partial charge in [0.2, 0.25) is 0 Å². The minimum absolute atomic E-state index is 0. The Hall–Kier alpha value is 0.332. The molecule has 74 valence electrons. The minimum atomic E-state index is -0.943. The first kappa shape index (κ1) is 16.8. The van der Waals surface area contributed by atoms with Crippen molar-refractivity contribution in [1.82, 2.24) is 5.32 Å². The van der Waals surface area contributed by atoms with Crippen LogP contribution in [0.1, 0.15) is 6.92 Å². The van der Waals surface area contributed by atoms with Gasteiger partial charge in [0, 0.05) is 6.92 Å². The molecule has 0 bridgehead atoms. The van der Waals surface area contributed by atoms with Crippen LogP contribution in [-0.4, -0.2) is 32.1 Å². The number of nitrogens with one attached hydrogen (secondary N) is 1. The molecule has 0 saturated carbocycles. The van der Waals surface area contributed by atoms with E-state index in [0.717, 1.165) is 21.1 Å². The molecule has 6 nitrogen and oxygen atoms in total. The van der Waals surface area contributed by atoms with E-state index in [9.17, 15) is 14.4 Å². The van der Waals surface area contributed by atoms with Crippen LogP contribution in [0.15, 0.2) is 0 Å². The average molecular weight is 321 g/mol. The van der Waals surface area contributed by atoms with Crippen LogP contribution in [0, 0.1) is 6.04 Å². The fraction of sp³-hybridized carbons (Fsp3) is 0.429. The van der Waals surface area contributed by atoms with Crippen molar-refractivity contribution in [3.63, 3.8) is 0 Å². The molecular weight excluding hydrogens is 311 g/mol. The molecule has 1 amide bonds. The predicted molar refractivity (Wildman–Crippen MR) is 41.1 cm³/mol. The summed E-state index contributed by atoms with van der Waals surface area (Å²) in [6, 6.07) is -0.530. The summed E-state index contributed by atoms with van der Waals surface area (Å²) in [5.41, 5.74) is 0. The van der Waals surface area contributed by atoms with Gasteiger partial charge in [0.15, 0.2) is 17.8 Å². The third kappa shape index (κ3) is 5.94. The quantitative estimate of drug-likeness (QED) is 0.326. The molecule has 7 heteroatoms. The van der Waals surface area contributed by atoms with E-state index < -0.39 is 23.9 Å². The van der Waals surface area contributed by atoms with E-state index in [2.05, 4.69) is 9.47 Å². The maximum atomic E-state index is 10.9. The van der Waals surface area contributed by atoms with Gasteiger partial charge in [0.05, 0.1) is 14.2 Å². The van der Waals surface area contributed by atoms with Crippen molar-refractivity contribution < 1.29 is 92.8 Å². The minimum Gasteiger partial charge on any atom is -0.489 e. The van der Waals surface area contributed by atoms with Gasteiger partial charge in [0.25, 0.3) is 0 Å². The van der Waals surface area contributed by atoms with Crippen LogP contribution in [-0.2, 0) is 23.9 Å². The van der Waals surface area contributed by atoms with E-state index in [0.29, 0.717) is 0 Å². The zero-order valence-electron chi connectivity index (χ0n) is 8.54. The summed E-state index contributed by atoms with van der Waals surface area (Å²) in [5, 5.41) is 2.01. The van der Waals surface area contributed by atoms with E-state index in [1.165, 1.54) is 0 Å². The number of hydrogen-bond acceptors (Lipinski definition) is 5. The Morgan fingerprint density at radius 1 is 1.07 bits per heavy atom. The number of esters is 2. The van der Waals surface area contributed by atoms with E-state index in [-0.39, 0.29) is 68.9 Å². The monoisotopic (exact) mass is 321 g/mol. The Bertz CT molecular complexity index is 214. The normalized spacial score (nSPS) is 7.93. The second-order valence-electron chi connectivity index (χ2n) is 2.04. The first-order chi connectivity index (χ1) is 6.02. The van der Waals surface area contributed by atoms with Gasteiger partial charge in [-0.2, -0.15) is 0 Å². The van der Waals surface area contributed by atoms with Crippen molar-refractivity contribution in [2.75, 3.05) is 14.2 Å². The van der Waals surface area contributed by atoms with Gasteiger partial charge in [-0.3, -0.25) is 14.4 Å². The number of hydrogen-bond donors (Lipinski definition) is 1. The van der Waals surface area contributed by atoms with Crippen molar-refractivity contribution in [2.45, 2.75) is 6.92 Å². The molecule has 0 spiro atoms. The standard InChI is InChI=1S/C7H10NO5.Cs/c1-4(9)8-5(6(10)12-2)7(11)13-3;/h1-3H3,(H,8,9);/q-1;+1. The van der Waals surface area contributed by atoms with E-state index in [1.807, 2.05) is 5.32 Å². The summed E-state index contributed by atoms with van der Waals surface area (Å²) < 4.78 is 8.49. The van der Waals surface area contributed by atoms with E-state index in [1.54, 1.807) is 0 Å². The molecule has 14 heavy (non-hydrogen) atoms. The number of amides is 1. The summed E-state index contributed by atoms with van der Waals surface area (Å²) in [7, 11) is 2.18. The number of ether oxygens (including phenoxy) is 2. The Morgan fingerprint density at radius 2 is 1.43 bits per heavy atom. The molecule has 0 unspecified atom stereocenters. The largest absolute Gasteiger partial charge is 1.00 e. The van der Waals surface area contributed by atoms with Crippen LogP contribution < -0.4 is 74.2 Å². The topological polar surface area (TPSA) is 81.7 Å². The van der Waals surface area contributed by atoms with Crippen molar-refractivity contribution >= 4 is 17.8 Å². The molecule has 0 radical (unpaired) electrons. The van der Waals surface area contributed by atoms with E-state index in [4.69, 9.17) is 0 Å². The second-order valence-corrected chi connectivity index (χ2v) is 2.04. The van der Waals surface area contributed by atoms with Crippen LogP contribution in [0.2, 0.25) is 0 Å². The molecule has 1 N–H and O–H groups in total. The Kier molecular flexibility index (Phi) is 10.3. The van der Waals surface area contributed by atoms with Crippen molar-refractivity contribution in [3.05, 3.63) is 6.04 Å². The summed E-state index contributed by atoms with van der Waals surface area (Å²) in [4.78, 5) is 32.3. The maximum absolute atomic E-state index is 10.9. The number of rotatable bonds is 3. The van der Waals surface area contributed by atoms with Gasteiger partial charge in [-0.15, -0.1) is 0 Å². The van der Waals surface area contributed by atoms with Gasteiger partial charge in [-0.05, 0) is 0 Å². The predicted octanol–water partition coefficient (Wildman–Crippen LogP) is -4.00. The van der Waals surface area contributed by atoms with Crippen LogP contribution in [0.3, 0.4) is 0 Å². The second kappa shape index (κ2) is 8.63. The van der Waals surface area contributed by atoms with E-state index >= 15 is 0 Å². The smallest absolute Gasteiger partial charge is 0.489 e. The Morgan fingerprint density at radius 3 is 1.64 bits per heavy atom. The third-order valence-corrected chi connectivity index (χ3v) is 1.08. The number of carbonyl (C=O) groups is 3. The fourth-order valence-electron chi connectivity index (χ4n) is 0.566. The molecule has 0 aromatic rings. The molecule has 0 aromatic heterocycles. The van der Waals surface area contributed by atoms with Crippen molar-refractivity contribution in [1.29, 1.82) is 0 Å². The van der Waals surface area contributed by atoms with Crippen LogP contribution >= 0.6 is 0 Å². The Balaban J connectivity index is 0.